The SMILES string of the molecule is CNc1nc2scnc2s1.O=CO. The summed E-state index contributed by atoms with van der Waals surface area (Å²) in [5.41, 5.74) is 1.81. The van der Waals surface area contributed by atoms with Gasteiger partial charge in [0.25, 0.3) is 6.47 Å². The quantitative estimate of drug-likeness (QED) is 0.708. The largest absolute Gasteiger partial charge is 0.483 e. The molecule has 0 amide bonds. The number of anilines is 1. The molecule has 0 saturated carbocycles. The molecular weight excluding hydrogens is 210 g/mol. The third kappa shape index (κ3) is 2.36. The molecule has 0 saturated heterocycles. The van der Waals surface area contributed by atoms with Crippen LogP contribution < -0.4 is 5.32 Å². The van der Waals surface area contributed by atoms with Crippen molar-refractivity contribution >= 4 is 43.9 Å². The molecule has 2 N–H and O–H groups in total. The fraction of sp³-hybridized carbons (Fsp3) is 0.167. The molecule has 0 fully saturated rings. The first-order chi connectivity index (χ1) is 6.31. The monoisotopic (exact) mass is 217 g/mol. The molecule has 13 heavy (non-hydrogen) atoms. The highest BCUT2D eigenvalue weighted by Crippen LogP contribution is 2.26. The van der Waals surface area contributed by atoms with Gasteiger partial charge in [0.2, 0.25) is 0 Å². The van der Waals surface area contributed by atoms with E-state index in [1.54, 1.807) is 22.7 Å². The summed E-state index contributed by atoms with van der Waals surface area (Å²) in [5.74, 6) is 0. The van der Waals surface area contributed by atoms with Crippen LogP contribution in [0, 0.1) is 0 Å². The van der Waals surface area contributed by atoms with Crippen molar-refractivity contribution in [2.75, 3.05) is 12.4 Å². The van der Waals surface area contributed by atoms with Crippen LogP contribution in [0.2, 0.25) is 0 Å². The Balaban J connectivity index is 0.000000251. The summed E-state index contributed by atoms with van der Waals surface area (Å²) < 4.78 is 0. The summed E-state index contributed by atoms with van der Waals surface area (Å²) in [6.07, 6.45) is 0. The average molecular weight is 217 g/mol. The van der Waals surface area contributed by atoms with Crippen LogP contribution >= 0.6 is 22.7 Å². The van der Waals surface area contributed by atoms with E-state index in [0.717, 1.165) is 14.8 Å². The first-order valence-electron chi connectivity index (χ1n) is 3.27. The average Bonchev–Trinajstić information content (AvgIpc) is 2.62. The number of nitrogens with zero attached hydrogens (tertiary/aromatic N) is 2. The molecule has 0 aliphatic heterocycles. The van der Waals surface area contributed by atoms with Gasteiger partial charge in [-0.2, -0.15) is 0 Å². The minimum Gasteiger partial charge on any atom is -0.483 e. The van der Waals surface area contributed by atoms with Gasteiger partial charge >= 0.3 is 0 Å². The maximum atomic E-state index is 8.36. The summed E-state index contributed by atoms with van der Waals surface area (Å²) in [4.78, 5) is 18.8. The highest BCUT2D eigenvalue weighted by atomic mass is 32.1. The molecule has 2 rings (SSSR count). The molecular formula is C6H7N3O2S2. The zero-order valence-corrected chi connectivity index (χ0v) is 8.35. The molecule has 0 spiro atoms. The van der Waals surface area contributed by atoms with Crippen molar-refractivity contribution in [3.05, 3.63) is 5.51 Å². The van der Waals surface area contributed by atoms with E-state index in [-0.39, 0.29) is 6.47 Å². The Morgan fingerprint density at radius 2 is 2.31 bits per heavy atom. The molecule has 0 aliphatic carbocycles. The zero-order chi connectivity index (χ0) is 9.68. The maximum absolute atomic E-state index is 8.36. The number of hydrogen-bond acceptors (Lipinski definition) is 6. The second-order valence-corrected chi connectivity index (χ2v) is 3.65. The van der Waals surface area contributed by atoms with Crippen LogP contribution in [-0.4, -0.2) is 28.6 Å². The van der Waals surface area contributed by atoms with Gasteiger partial charge in [-0.15, -0.1) is 11.3 Å². The molecule has 2 aromatic heterocycles. The van der Waals surface area contributed by atoms with Crippen molar-refractivity contribution in [1.29, 1.82) is 0 Å². The fourth-order valence-corrected chi connectivity index (χ4v) is 2.30. The number of carboxylic acid groups (broad SMARTS) is 1. The van der Waals surface area contributed by atoms with Crippen molar-refractivity contribution in [2.24, 2.45) is 0 Å². The van der Waals surface area contributed by atoms with E-state index >= 15 is 0 Å². The van der Waals surface area contributed by atoms with Gasteiger partial charge in [0.05, 0.1) is 5.51 Å². The van der Waals surface area contributed by atoms with Gasteiger partial charge < -0.3 is 10.4 Å². The molecule has 0 aromatic carbocycles. The number of aromatic nitrogens is 2. The van der Waals surface area contributed by atoms with Gasteiger partial charge in [0, 0.05) is 7.05 Å². The summed E-state index contributed by atoms with van der Waals surface area (Å²) in [5, 5.41) is 10.8. The molecule has 0 radical (unpaired) electrons. The molecule has 5 nitrogen and oxygen atoms in total. The maximum Gasteiger partial charge on any atom is 0.290 e. The summed E-state index contributed by atoms with van der Waals surface area (Å²) in [6.45, 7) is -0.250. The number of nitrogens with one attached hydrogen (secondary N) is 1. The van der Waals surface area contributed by atoms with E-state index in [0.29, 0.717) is 0 Å². The molecule has 70 valence electrons. The summed E-state index contributed by atoms with van der Waals surface area (Å²) >= 11 is 3.15. The van der Waals surface area contributed by atoms with Crippen LogP contribution in [0.3, 0.4) is 0 Å². The van der Waals surface area contributed by atoms with Crippen LogP contribution in [0.15, 0.2) is 5.51 Å². The molecule has 0 bridgehead atoms. The van der Waals surface area contributed by atoms with Gasteiger partial charge in [-0.05, 0) is 0 Å². The lowest BCUT2D eigenvalue weighted by molar-refractivity contribution is -0.122. The second-order valence-electron chi connectivity index (χ2n) is 1.84. The Hall–Kier alpha value is -1.21. The number of rotatable bonds is 1. The number of fused-ring (bicyclic) bond motifs is 1. The third-order valence-electron chi connectivity index (χ3n) is 1.13. The van der Waals surface area contributed by atoms with E-state index in [9.17, 15) is 0 Å². The van der Waals surface area contributed by atoms with Gasteiger partial charge in [0.1, 0.15) is 0 Å². The molecule has 2 aromatic rings. The van der Waals surface area contributed by atoms with Crippen molar-refractivity contribution in [1.82, 2.24) is 9.97 Å². The highest BCUT2D eigenvalue weighted by Gasteiger charge is 2.02. The van der Waals surface area contributed by atoms with Crippen LogP contribution in [-0.2, 0) is 4.79 Å². The van der Waals surface area contributed by atoms with Crippen LogP contribution in [0.25, 0.3) is 9.66 Å². The Morgan fingerprint density at radius 1 is 1.62 bits per heavy atom. The predicted molar refractivity (Wildman–Crippen MR) is 53.5 cm³/mol. The Bertz CT molecular complexity index is 355. The minimum absolute atomic E-state index is 0.250. The lowest BCUT2D eigenvalue weighted by Crippen LogP contribution is -1.83. The first kappa shape index (κ1) is 9.87. The standard InChI is InChI=1S/C5H5N3S2.CH2O2/c1-6-5-8-4-3(10-5)7-2-9-4;2-1-3/h2H,1H3,(H,6,8);1H,(H,2,3). The first-order valence-corrected chi connectivity index (χ1v) is 4.97. The minimum atomic E-state index is -0.250. The molecule has 2 heterocycles. The smallest absolute Gasteiger partial charge is 0.290 e. The summed E-state index contributed by atoms with van der Waals surface area (Å²) in [7, 11) is 1.86. The van der Waals surface area contributed by atoms with E-state index < -0.39 is 0 Å². The van der Waals surface area contributed by atoms with E-state index in [2.05, 4.69) is 15.3 Å². The predicted octanol–water partition coefficient (Wildman–Crippen LogP) is 1.50. The molecule has 0 unspecified atom stereocenters. The van der Waals surface area contributed by atoms with Gasteiger partial charge in [0.15, 0.2) is 14.8 Å². The molecule has 7 heteroatoms. The number of carbonyl (C=O) groups is 1. The van der Waals surface area contributed by atoms with Crippen LogP contribution in [0.5, 0.6) is 0 Å². The Morgan fingerprint density at radius 3 is 2.85 bits per heavy atom. The van der Waals surface area contributed by atoms with Gasteiger partial charge in [-0.25, -0.2) is 9.97 Å². The third-order valence-corrected chi connectivity index (χ3v) is 2.96. The number of thiazole rings is 2. The van der Waals surface area contributed by atoms with E-state index in [4.69, 9.17) is 9.90 Å². The van der Waals surface area contributed by atoms with Crippen molar-refractivity contribution in [2.45, 2.75) is 0 Å². The van der Waals surface area contributed by atoms with Crippen LogP contribution in [0.4, 0.5) is 5.13 Å². The Kier molecular flexibility index (Phi) is 3.59. The van der Waals surface area contributed by atoms with Gasteiger partial charge in [-0.3, -0.25) is 4.79 Å². The van der Waals surface area contributed by atoms with Crippen molar-refractivity contribution in [3.8, 4) is 0 Å². The Labute approximate surface area is 82.1 Å². The second kappa shape index (κ2) is 4.73. The van der Waals surface area contributed by atoms with E-state index in [1.165, 1.54) is 0 Å². The number of hydrogen-bond donors (Lipinski definition) is 2. The normalized spacial score (nSPS) is 9.00. The summed E-state index contributed by atoms with van der Waals surface area (Å²) in [6, 6.07) is 0. The highest BCUT2D eigenvalue weighted by molar-refractivity contribution is 7.27. The van der Waals surface area contributed by atoms with Crippen molar-refractivity contribution < 1.29 is 9.90 Å². The zero-order valence-electron chi connectivity index (χ0n) is 6.72. The molecule has 0 atom stereocenters. The lowest BCUT2D eigenvalue weighted by atomic mass is 10.9. The molecule has 0 aliphatic rings. The topological polar surface area (TPSA) is 75.1 Å². The van der Waals surface area contributed by atoms with Crippen molar-refractivity contribution in [3.63, 3.8) is 0 Å². The van der Waals surface area contributed by atoms with Crippen LogP contribution in [0.1, 0.15) is 0 Å². The van der Waals surface area contributed by atoms with E-state index in [1.807, 2.05) is 12.6 Å². The lowest BCUT2D eigenvalue weighted by Gasteiger charge is -1.84. The fourth-order valence-electron chi connectivity index (χ4n) is 0.688. The van der Waals surface area contributed by atoms with Gasteiger partial charge in [-0.1, -0.05) is 11.3 Å².